The Kier molecular flexibility index (Phi) is 8.65. The molecule has 5 nitrogen and oxygen atoms in total. The highest BCUT2D eigenvalue weighted by atomic mass is 19.1. The summed E-state index contributed by atoms with van der Waals surface area (Å²) in [6.45, 7) is 0.416. The highest BCUT2D eigenvalue weighted by Gasteiger charge is 2.30. The quantitative estimate of drug-likeness (QED) is 0.314. The van der Waals surface area contributed by atoms with Crippen molar-refractivity contribution in [2.24, 2.45) is 0 Å². The molecule has 184 valence electrons. The minimum atomic E-state index is -0.754. The first-order valence-electron chi connectivity index (χ1n) is 12.0. The van der Waals surface area contributed by atoms with Crippen molar-refractivity contribution in [3.05, 3.63) is 132 Å². The molecule has 0 saturated heterocycles. The average Bonchev–Trinajstić information content (AvgIpc) is 3.44. The first-order chi connectivity index (χ1) is 17.6. The minimum absolute atomic E-state index is 0.141. The smallest absolute Gasteiger partial charge is 0.243 e. The number of nitrogens with one attached hydrogen (secondary N) is 1. The third-order valence-electron chi connectivity index (χ3n) is 6.02. The molecule has 36 heavy (non-hydrogen) atoms. The second-order valence-corrected chi connectivity index (χ2v) is 8.64. The maximum atomic E-state index is 13.6. The molecule has 1 N–H and O–H groups in total. The Hall–Kier alpha value is -4.19. The lowest BCUT2D eigenvalue weighted by Crippen LogP contribution is -2.50. The van der Waals surface area contributed by atoms with Crippen LogP contribution in [-0.2, 0) is 35.5 Å². The van der Waals surface area contributed by atoms with E-state index in [1.165, 1.54) is 12.1 Å². The van der Waals surface area contributed by atoms with Crippen LogP contribution in [0.1, 0.15) is 28.9 Å². The van der Waals surface area contributed by atoms with Gasteiger partial charge in [0.15, 0.2) is 0 Å². The van der Waals surface area contributed by atoms with Crippen LogP contribution in [0.5, 0.6) is 0 Å². The standard InChI is InChI=1S/C30H29FN2O3/c31-26-16-13-25(14-17-26)22-33(29(34)18-15-23-8-3-1-4-9-23)28(20-24-10-5-2-6-11-24)30(35)32-21-27-12-7-19-36-27/h1-14,16-17,19,28H,15,18,20-22H2,(H,32,35)/t28-/m0/s1. The molecule has 4 aromatic rings. The topological polar surface area (TPSA) is 62.6 Å². The van der Waals surface area contributed by atoms with Crippen molar-refractivity contribution < 1.29 is 18.4 Å². The SMILES string of the molecule is O=C(NCc1ccco1)[C@H](Cc1ccccc1)N(Cc1ccc(F)cc1)C(=O)CCc1ccccc1. The van der Waals surface area contributed by atoms with Crippen molar-refractivity contribution in [3.8, 4) is 0 Å². The molecule has 1 atom stereocenters. The monoisotopic (exact) mass is 484 g/mol. The molecule has 0 saturated carbocycles. The third kappa shape index (κ3) is 7.15. The summed E-state index contributed by atoms with van der Waals surface area (Å²) in [7, 11) is 0. The number of aryl methyl sites for hydroxylation is 1. The van der Waals surface area contributed by atoms with Gasteiger partial charge < -0.3 is 14.6 Å². The van der Waals surface area contributed by atoms with Gasteiger partial charge in [-0.05, 0) is 47.4 Å². The Morgan fingerprint density at radius 1 is 0.806 bits per heavy atom. The largest absolute Gasteiger partial charge is 0.467 e. The zero-order valence-corrected chi connectivity index (χ0v) is 20.0. The second kappa shape index (κ2) is 12.5. The van der Waals surface area contributed by atoms with E-state index >= 15 is 0 Å². The normalized spacial score (nSPS) is 11.6. The summed E-state index contributed by atoms with van der Waals surface area (Å²) in [6, 6.07) is 28.2. The number of rotatable bonds is 11. The van der Waals surface area contributed by atoms with Crippen LogP contribution >= 0.6 is 0 Å². The van der Waals surface area contributed by atoms with E-state index < -0.39 is 6.04 Å². The summed E-state index contributed by atoms with van der Waals surface area (Å²) in [5, 5.41) is 2.92. The van der Waals surface area contributed by atoms with Gasteiger partial charge in [0.2, 0.25) is 11.8 Å². The van der Waals surface area contributed by atoms with Gasteiger partial charge in [-0.3, -0.25) is 9.59 Å². The van der Waals surface area contributed by atoms with Gasteiger partial charge in [0.05, 0.1) is 12.8 Å². The van der Waals surface area contributed by atoms with Crippen molar-refractivity contribution in [1.29, 1.82) is 0 Å². The van der Waals surface area contributed by atoms with Crippen LogP contribution in [0.3, 0.4) is 0 Å². The molecule has 3 aromatic carbocycles. The van der Waals surface area contributed by atoms with Crippen molar-refractivity contribution >= 4 is 11.8 Å². The van der Waals surface area contributed by atoms with Gasteiger partial charge in [-0.2, -0.15) is 0 Å². The molecule has 0 aliphatic carbocycles. The van der Waals surface area contributed by atoms with Gasteiger partial charge in [-0.1, -0.05) is 72.8 Å². The van der Waals surface area contributed by atoms with E-state index in [9.17, 15) is 14.0 Å². The fraction of sp³-hybridized carbons (Fsp3) is 0.200. The van der Waals surface area contributed by atoms with E-state index in [1.807, 2.05) is 60.7 Å². The van der Waals surface area contributed by atoms with Crippen molar-refractivity contribution in [3.63, 3.8) is 0 Å². The molecule has 6 heteroatoms. The molecule has 2 amide bonds. The fourth-order valence-electron chi connectivity index (χ4n) is 4.09. The van der Waals surface area contributed by atoms with Gasteiger partial charge in [-0.25, -0.2) is 4.39 Å². The maximum Gasteiger partial charge on any atom is 0.243 e. The minimum Gasteiger partial charge on any atom is -0.467 e. The number of hydrogen-bond donors (Lipinski definition) is 1. The number of amides is 2. The van der Waals surface area contributed by atoms with E-state index in [4.69, 9.17) is 4.42 Å². The highest BCUT2D eigenvalue weighted by Crippen LogP contribution is 2.17. The Morgan fingerprint density at radius 2 is 1.47 bits per heavy atom. The van der Waals surface area contributed by atoms with Crippen LogP contribution < -0.4 is 5.32 Å². The van der Waals surface area contributed by atoms with Gasteiger partial charge >= 0.3 is 0 Å². The molecule has 0 aliphatic rings. The van der Waals surface area contributed by atoms with E-state index in [1.54, 1.807) is 35.4 Å². The lowest BCUT2D eigenvalue weighted by molar-refractivity contribution is -0.141. The van der Waals surface area contributed by atoms with Gasteiger partial charge in [0.1, 0.15) is 17.6 Å². The molecule has 0 aliphatic heterocycles. The number of carbonyl (C=O) groups excluding carboxylic acids is 2. The fourth-order valence-corrected chi connectivity index (χ4v) is 4.09. The molecule has 0 unspecified atom stereocenters. The summed E-state index contributed by atoms with van der Waals surface area (Å²) < 4.78 is 18.9. The van der Waals surface area contributed by atoms with E-state index in [0.29, 0.717) is 18.6 Å². The predicted molar refractivity (Wildman–Crippen MR) is 136 cm³/mol. The van der Waals surface area contributed by atoms with Gasteiger partial charge in [0, 0.05) is 19.4 Å². The number of nitrogens with zero attached hydrogens (tertiary/aromatic N) is 1. The summed E-state index contributed by atoms with van der Waals surface area (Å²) in [5.41, 5.74) is 2.74. The van der Waals surface area contributed by atoms with Crippen LogP contribution in [0.4, 0.5) is 4.39 Å². The lowest BCUT2D eigenvalue weighted by Gasteiger charge is -2.31. The molecule has 1 heterocycles. The van der Waals surface area contributed by atoms with Crippen LogP contribution in [0, 0.1) is 5.82 Å². The first-order valence-corrected chi connectivity index (χ1v) is 12.0. The molecule has 0 spiro atoms. The lowest BCUT2D eigenvalue weighted by atomic mass is 10.0. The summed E-state index contributed by atoms with van der Waals surface area (Å²) >= 11 is 0. The van der Waals surface area contributed by atoms with Crippen LogP contribution in [0.2, 0.25) is 0 Å². The first kappa shape index (κ1) is 24.9. The molecule has 4 rings (SSSR count). The van der Waals surface area contributed by atoms with Crippen molar-refractivity contribution in [2.45, 2.75) is 38.4 Å². The van der Waals surface area contributed by atoms with E-state index in [2.05, 4.69) is 5.32 Å². The third-order valence-corrected chi connectivity index (χ3v) is 6.02. The molecule has 0 bridgehead atoms. The zero-order valence-electron chi connectivity index (χ0n) is 20.0. The number of halogens is 1. The molecular formula is C30H29FN2O3. The number of carbonyl (C=O) groups is 2. The zero-order chi connectivity index (χ0) is 25.2. The van der Waals surface area contributed by atoms with Crippen LogP contribution in [0.15, 0.2) is 108 Å². The number of hydrogen-bond acceptors (Lipinski definition) is 3. The van der Waals surface area contributed by atoms with Gasteiger partial charge in [-0.15, -0.1) is 0 Å². The van der Waals surface area contributed by atoms with E-state index in [-0.39, 0.29) is 37.1 Å². The Morgan fingerprint density at radius 3 is 2.11 bits per heavy atom. The van der Waals surface area contributed by atoms with Crippen LogP contribution in [-0.4, -0.2) is 22.8 Å². The predicted octanol–water partition coefficient (Wildman–Crippen LogP) is 5.31. The summed E-state index contributed by atoms with van der Waals surface area (Å²) in [6.07, 6.45) is 2.72. The highest BCUT2D eigenvalue weighted by molar-refractivity contribution is 5.88. The number of furan rings is 1. The maximum absolute atomic E-state index is 13.6. The summed E-state index contributed by atoms with van der Waals surface area (Å²) in [5.74, 6) is -0.136. The molecular weight excluding hydrogens is 455 g/mol. The number of benzene rings is 3. The van der Waals surface area contributed by atoms with Crippen LogP contribution in [0.25, 0.3) is 0 Å². The Bertz CT molecular complexity index is 1230. The Balaban J connectivity index is 1.60. The summed E-state index contributed by atoms with van der Waals surface area (Å²) in [4.78, 5) is 28.7. The van der Waals surface area contributed by atoms with Crippen molar-refractivity contribution in [2.75, 3.05) is 0 Å². The van der Waals surface area contributed by atoms with Gasteiger partial charge in [0.25, 0.3) is 0 Å². The molecule has 1 aromatic heterocycles. The molecule has 0 fully saturated rings. The Labute approximate surface area is 210 Å². The van der Waals surface area contributed by atoms with Crippen molar-refractivity contribution in [1.82, 2.24) is 10.2 Å². The second-order valence-electron chi connectivity index (χ2n) is 8.64. The average molecular weight is 485 g/mol. The molecule has 0 radical (unpaired) electrons. The van der Waals surface area contributed by atoms with E-state index in [0.717, 1.165) is 16.7 Å².